The number of rotatable bonds is 9. The van der Waals surface area contributed by atoms with Crippen molar-refractivity contribution in [3.05, 3.63) is 124 Å². The molecule has 5 rings (SSSR count). The van der Waals surface area contributed by atoms with Gasteiger partial charge in [-0.2, -0.15) is 0 Å². The van der Waals surface area contributed by atoms with E-state index in [-0.39, 0.29) is 11.9 Å². The van der Waals surface area contributed by atoms with Gasteiger partial charge in [-0.05, 0) is 99.0 Å². The molecule has 1 fully saturated rings. The van der Waals surface area contributed by atoms with Crippen LogP contribution in [-0.4, -0.2) is 39.7 Å². The number of carbonyl (C=O) groups excluding carboxylic acids is 2. The second-order valence-corrected chi connectivity index (χ2v) is 10.8. The molecule has 0 saturated carbocycles. The summed E-state index contributed by atoms with van der Waals surface area (Å²) in [7, 11) is 0. The number of para-hydroxylation sites is 1. The van der Waals surface area contributed by atoms with Gasteiger partial charge in [0.05, 0.1) is 22.8 Å². The fourth-order valence-electron chi connectivity index (χ4n) is 4.95. The summed E-state index contributed by atoms with van der Waals surface area (Å²) in [5.41, 5.74) is 6.38. The number of amides is 1. The Morgan fingerprint density at radius 1 is 0.951 bits per heavy atom. The maximum atomic E-state index is 13.7. The standard InChI is InChI=1S/C34H33N3O3S/c1-4-40-33(39)27-16-11-19-30(22-27)37-24(2)21-28(25(37)3)23-31-32(38)36(20-12-15-26-13-7-5-8-14-26)34(41-31)35-29-17-9-6-10-18-29/h5-11,13-14,16-19,21-23H,4,12,15,20H2,1-3H3/b31-23-,35-34?. The monoisotopic (exact) mass is 563 g/mol. The van der Waals surface area contributed by atoms with Crippen LogP contribution in [0.4, 0.5) is 5.69 Å². The van der Waals surface area contributed by atoms with Crippen molar-refractivity contribution in [1.82, 2.24) is 9.47 Å². The van der Waals surface area contributed by atoms with Crippen LogP contribution in [0.1, 0.15) is 46.2 Å². The van der Waals surface area contributed by atoms with Gasteiger partial charge in [0.1, 0.15) is 0 Å². The lowest BCUT2D eigenvalue weighted by molar-refractivity contribution is -0.122. The van der Waals surface area contributed by atoms with Crippen LogP contribution in [0.15, 0.2) is 101 Å². The number of benzene rings is 3. The zero-order valence-electron chi connectivity index (χ0n) is 23.5. The quantitative estimate of drug-likeness (QED) is 0.156. The second kappa shape index (κ2) is 12.9. The first kappa shape index (κ1) is 28.2. The summed E-state index contributed by atoms with van der Waals surface area (Å²) in [6.07, 6.45) is 3.68. The number of amidine groups is 1. The predicted molar refractivity (Wildman–Crippen MR) is 167 cm³/mol. The lowest BCUT2D eigenvalue weighted by Gasteiger charge is -2.15. The van der Waals surface area contributed by atoms with Crippen LogP contribution in [0, 0.1) is 13.8 Å². The van der Waals surface area contributed by atoms with E-state index in [2.05, 4.69) is 22.8 Å². The van der Waals surface area contributed by atoms with E-state index in [0.717, 1.165) is 41.2 Å². The first-order valence-corrected chi connectivity index (χ1v) is 14.6. The second-order valence-electron chi connectivity index (χ2n) is 9.82. The Bertz CT molecular complexity index is 1610. The van der Waals surface area contributed by atoms with Crippen LogP contribution in [-0.2, 0) is 16.0 Å². The van der Waals surface area contributed by atoms with Gasteiger partial charge in [0.25, 0.3) is 5.91 Å². The summed E-state index contributed by atoms with van der Waals surface area (Å²) in [6.45, 7) is 6.76. The first-order valence-electron chi connectivity index (χ1n) is 13.8. The fourth-order valence-corrected chi connectivity index (χ4v) is 5.96. The average molecular weight is 564 g/mol. The minimum absolute atomic E-state index is 0.0353. The Hall–Kier alpha value is -4.36. The largest absolute Gasteiger partial charge is 0.462 e. The zero-order chi connectivity index (χ0) is 28.8. The molecule has 41 heavy (non-hydrogen) atoms. The van der Waals surface area contributed by atoms with E-state index in [1.807, 2.05) is 86.7 Å². The molecule has 3 aromatic carbocycles. The molecule has 0 aliphatic carbocycles. The van der Waals surface area contributed by atoms with E-state index in [4.69, 9.17) is 9.73 Å². The summed E-state index contributed by atoms with van der Waals surface area (Å²) in [5, 5.41) is 0.691. The normalized spacial score (nSPS) is 15.2. The predicted octanol–water partition coefficient (Wildman–Crippen LogP) is 7.51. The average Bonchev–Trinajstić information content (AvgIpc) is 3.43. The van der Waals surface area contributed by atoms with Gasteiger partial charge in [0.15, 0.2) is 5.17 Å². The van der Waals surface area contributed by atoms with Crippen molar-refractivity contribution in [2.45, 2.75) is 33.6 Å². The lowest BCUT2D eigenvalue weighted by atomic mass is 10.1. The van der Waals surface area contributed by atoms with E-state index < -0.39 is 0 Å². The number of aliphatic imine (C=N–C) groups is 1. The van der Waals surface area contributed by atoms with Gasteiger partial charge in [-0.15, -0.1) is 0 Å². The molecule has 7 heteroatoms. The lowest BCUT2D eigenvalue weighted by Crippen LogP contribution is -2.30. The number of carbonyl (C=O) groups is 2. The van der Waals surface area contributed by atoms with Crippen molar-refractivity contribution in [2.75, 3.05) is 13.2 Å². The van der Waals surface area contributed by atoms with Crippen molar-refractivity contribution in [3.63, 3.8) is 0 Å². The summed E-state index contributed by atoms with van der Waals surface area (Å²) in [4.78, 5) is 33.3. The van der Waals surface area contributed by atoms with Crippen LogP contribution >= 0.6 is 11.8 Å². The number of esters is 1. The topological polar surface area (TPSA) is 63.9 Å². The molecule has 1 aliphatic rings. The van der Waals surface area contributed by atoms with Gasteiger partial charge >= 0.3 is 5.97 Å². The third kappa shape index (κ3) is 6.52. The van der Waals surface area contributed by atoms with Gasteiger partial charge in [0.2, 0.25) is 0 Å². The molecule has 1 aromatic heterocycles. The molecular formula is C34H33N3O3S. The number of aryl methyl sites for hydroxylation is 2. The maximum absolute atomic E-state index is 13.7. The van der Waals surface area contributed by atoms with Gasteiger partial charge in [0, 0.05) is 23.6 Å². The molecule has 0 unspecified atom stereocenters. The molecule has 0 N–H and O–H groups in total. The minimum atomic E-state index is -0.343. The molecule has 1 aliphatic heterocycles. The Kier molecular flexibility index (Phi) is 8.85. The summed E-state index contributed by atoms with van der Waals surface area (Å²) in [5.74, 6) is -0.378. The third-order valence-corrected chi connectivity index (χ3v) is 7.94. The molecule has 0 bridgehead atoms. The highest BCUT2D eigenvalue weighted by Gasteiger charge is 2.33. The van der Waals surface area contributed by atoms with Crippen LogP contribution in [0.3, 0.4) is 0 Å². The molecule has 0 atom stereocenters. The van der Waals surface area contributed by atoms with E-state index >= 15 is 0 Å². The molecular weight excluding hydrogens is 530 g/mol. The Balaban J connectivity index is 1.43. The van der Waals surface area contributed by atoms with Crippen LogP contribution in [0.25, 0.3) is 11.8 Å². The Morgan fingerprint density at radius 3 is 2.41 bits per heavy atom. The van der Waals surface area contributed by atoms with E-state index in [1.54, 1.807) is 17.9 Å². The van der Waals surface area contributed by atoms with Crippen molar-refractivity contribution >= 4 is 40.6 Å². The van der Waals surface area contributed by atoms with Crippen molar-refractivity contribution in [3.8, 4) is 5.69 Å². The summed E-state index contributed by atoms with van der Waals surface area (Å²) >= 11 is 1.41. The molecule has 4 aromatic rings. The van der Waals surface area contributed by atoms with E-state index in [1.165, 1.54) is 17.3 Å². The first-order chi connectivity index (χ1) is 19.9. The Morgan fingerprint density at radius 2 is 1.68 bits per heavy atom. The van der Waals surface area contributed by atoms with E-state index in [0.29, 0.717) is 28.8 Å². The van der Waals surface area contributed by atoms with Gasteiger partial charge in [-0.1, -0.05) is 54.6 Å². The highest BCUT2D eigenvalue weighted by Crippen LogP contribution is 2.35. The number of thioether (sulfide) groups is 1. The van der Waals surface area contributed by atoms with Crippen LogP contribution < -0.4 is 0 Å². The molecule has 0 spiro atoms. The SMILES string of the molecule is CCOC(=O)c1cccc(-n2c(C)cc(/C=C3\SC(=Nc4ccccc4)N(CCCc4ccccc4)C3=O)c2C)c1. The van der Waals surface area contributed by atoms with Crippen LogP contribution in [0.2, 0.25) is 0 Å². The zero-order valence-corrected chi connectivity index (χ0v) is 24.4. The highest BCUT2D eigenvalue weighted by atomic mass is 32.2. The number of aromatic nitrogens is 1. The fraction of sp³-hybridized carbons (Fsp3) is 0.206. The van der Waals surface area contributed by atoms with Crippen molar-refractivity contribution in [1.29, 1.82) is 0 Å². The van der Waals surface area contributed by atoms with E-state index in [9.17, 15) is 9.59 Å². The molecule has 1 amide bonds. The smallest absolute Gasteiger partial charge is 0.338 e. The van der Waals surface area contributed by atoms with Crippen molar-refractivity contribution in [2.24, 2.45) is 4.99 Å². The Labute approximate surface area is 245 Å². The third-order valence-electron chi connectivity index (χ3n) is 6.93. The minimum Gasteiger partial charge on any atom is -0.462 e. The van der Waals surface area contributed by atoms with Crippen LogP contribution in [0.5, 0.6) is 0 Å². The summed E-state index contributed by atoms with van der Waals surface area (Å²) in [6, 6.07) is 29.5. The van der Waals surface area contributed by atoms with Crippen molar-refractivity contribution < 1.29 is 14.3 Å². The molecule has 208 valence electrons. The number of nitrogens with zero attached hydrogens (tertiary/aromatic N) is 3. The molecule has 2 heterocycles. The number of hydrogen-bond acceptors (Lipinski definition) is 5. The van der Waals surface area contributed by atoms with Gasteiger partial charge in [-0.25, -0.2) is 9.79 Å². The highest BCUT2D eigenvalue weighted by molar-refractivity contribution is 8.18. The number of hydrogen-bond donors (Lipinski definition) is 0. The number of ether oxygens (including phenoxy) is 1. The molecule has 6 nitrogen and oxygen atoms in total. The molecule has 0 radical (unpaired) electrons. The maximum Gasteiger partial charge on any atom is 0.338 e. The molecule has 1 saturated heterocycles. The van der Waals surface area contributed by atoms with Gasteiger partial charge in [-0.3, -0.25) is 9.69 Å². The summed E-state index contributed by atoms with van der Waals surface area (Å²) < 4.78 is 7.28. The van der Waals surface area contributed by atoms with Gasteiger partial charge < -0.3 is 9.30 Å².